The highest BCUT2D eigenvalue weighted by molar-refractivity contribution is 9.10. The van der Waals surface area contributed by atoms with Crippen molar-refractivity contribution in [1.82, 2.24) is 4.90 Å². The molecule has 0 spiro atoms. The van der Waals surface area contributed by atoms with Crippen LogP contribution in [0.3, 0.4) is 0 Å². The lowest BCUT2D eigenvalue weighted by atomic mass is 9.83. The average molecular weight is 306 g/mol. The number of hydrogen-bond donors (Lipinski definition) is 0. The van der Waals surface area contributed by atoms with Crippen LogP contribution in [0.25, 0.3) is 0 Å². The summed E-state index contributed by atoms with van der Waals surface area (Å²) in [5, 5.41) is 0. The molecule has 0 N–H and O–H groups in total. The van der Waals surface area contributed by atoms with Gasteiger partial charge < -0.3 is 9.64 Å². The molecule has 0 aromatic heterocycles. The van der Waals surface area contributed by atoms with Gasteiger partial charge in [-0.3, -0.25) is 4.79 Å². The van der Waals surface area contributed by atoms with Gasteiger partial charge in [0.2, 0.25) is 0 Å². The van der Waals surface area contributed by atoms with Crippen LogP contribution in [0.1, 0.15) is 34.6 Å². The summed E-state index contributed by atoms with van der Waals surface area (Å²) in [6.07, 6.45) is -0.359. The standard InChI is InChI=1S/C12H20BrNO3/c1-11(2,3)17-10(16)14-6-8(13)9(15)12(4,5)7-14/h8H,6-7H2,1-5H3. The van der Waals surface area contributed by atoms with E-state index in [9.17, 15) is 9.59 Å². The largest absolute Gasteiger partial charge is 0.444 e. The molecule has 0 radical (unpaired) electrons. The molecule has 0 saturated carbocycles. The Hall–Kier alpha value is -0.580. The molecule has 17 heavy (non-hydrogen) atoms. The molecule has 1 unspecified atom stereocenters. The van der Waals surface area contributed by atoms with E-state index in [1.807, 2.05) is 34.6 Å². The van der Waals surface area contributed by atoms with E-state index in [0.29, 0.717) is 13.1 Å². The number of carbonyl (C=O) groups excluding carboxylic acids is 2. The fourth-order valence-corrected chi connectivity index (χ4v) is 2.75. The lowest BCUT2D eigenvalue weighted by Crippen LogP contribution is -2.54. The van der Waals surface area contributed by atoms with Crippen molar-refractivity contribution in [2.24, 2.45) is 5.41 Å². The van der Waals surface area contributed by atoms with Crippen molar-refractivity contribution >= 4 is 27.8 Å². The molecule has 1 rings (SSSR count). The molecule has 1 aliphatic heterocycles. The second kappa shape index (κ2) is 4.59. The van der Waals surface area contributed by atoms with E-state index in [4.69, 9.17) is 4.74 Å². The summed E-state index contributed by atoms with van der Waals surface area (Å²) in [5.41, 5.74) is -1.03. The summed E-state index contributed by atoms with van der Waals surface area (Å²) in [6.45, 7) is 9.96. The van der Waals surface area contributed by atoms with Crippen LogP contribution in [0.5, 0.6) is 0 Å². The van der Waals surface area contributed by atoms with E-state index >= 15 is 0 Å². The normalized spacial score (nSPS) is 24.7. The van der Waals surface area contributed by atoms with E-state index in [2.05, 4.69) is 15.9 Å². The van der Waals surface area contributed by atoms with Crippen LogP contribution in [0, 0.1) is 5.41 Å². The minimum absolute atomic E-state index is 0.136. The van der Waals surface area contributed by atoms with Gasteiger partial charge in [0, 0.05) is 18.5 Å². The Bertz CT molecular complexity index is 333. The minimum Gasteiger partial charge on any atom is -0.444 e. The molecule has 0 bridgehead atoms. The fourth-order valence-electron chi connectivity index (χ4n) is 1.79. The molecular formula is C12H20BrNO3. The first-order valence-electron chi connectivity index (χ1n) is 5.69. The van der Waals surface area contributed by atoms with Gasteiger partial charge in [0.25, 0.3) is 0 Å². The molecule has 4 nitrogen and oxygen atoms in total. The quantitative estimate of drug-likeness (QED) is 0.646. The Morgan fingerprint density at radius 1 is 1.47 bits per heavy atom. The first-order chi connectivity index (χ1) is 7.53. The molecule has 0 aliphatic carbocycles. The average Bonchev–Trinajstić information content (AvgIpc) is 2.10. The molecule has 1 amide bonds. The minimum atomic E-state index is -0.524. The number of halogens is 1. The highest BCUT2D eigenvalue weighted by atomic mass is 79.9. The summed E-state index contributed by atoms with van der Waals surface area (Å²) in [6, 6.07) is 0. The number of carbonyl (C=O) groups is 2. The van der Waals surface area contributed by atoms with Crippen molar-refractivity contribution in [2.75, 3.05) is 13.1 Å². The van der Waals surface area contributed by atoms with Crippen molar-refractivity contribution in [1.29, 1.82) is 0 Å². The molecule has 1 saturated heterocycles. The Morgan fingerprint density at radius 2 is 2.00 bits per heavy atom. The topological polar surface area (TPSA) is 46.6 Å². The summed E-state index contributed by atoms with van der Waals surface area (Å²) >= 11 is 3.32. The van der Waals surface area contributed by atoms with Gasteiger partial charge in [-0.1, -0.05) is 29.8 Å². The fraction of sp³-hybridized carbons (Fsp3) is 0.833. The van der Waals surface area contributed by atoms with Crippen molar-refractivity contribution in [3.8, 4) is 0 Å². The van der Waals surface area contributed by atoms with Gasteiger partial charge >= 0.3 is 6.09 Å². The van der Waals surface area contributed by atoms with E-state index < -0.39 is 11.0 Å². The summed E-state index contributed by atoms with van der Waals surface area (Å²) in [4.78, 5) is 25.1. The first-order valence-corrected chi connectivity index (χ1v) is 6.61. The number of alkyl halides is 1. The van der Waals surface area contributed by atoms with Crippen LogP contribution in [-0.4, -0.2) is 40.3 Å². The number of Topliss-reactive ketones (excluding diaryl/α,β-unsaturated/α-hetero) is 1. The Balaban J connectivity index is 2.74. The van der Waals surface area contributed by atoms with Crippen molar-refractivity contribution in [3.63, 3.8) is 0 Å². The summed E-state index contributed by atoms with van der Waals surface area (Å²) < 4.78 is 5.31. The zero-order valence-electron chi connectivity index (χ0n) is 11.0. The van der Waals surface area contributed by atoms with E-state index in [0.717, 1.165) is 0 Å². The Labute approximate surface area is 111 Å². The Morgan fingerprint density at radius 3 is 2.41 bits per heavy atom. The van der Waals surface area contributed by atoms with Crippen molar-refractivity contribution in [3.05, 3.63) is 0 Å². The molecule has 1 fully saturated rings. The van der Waals surface area contributed by atoms with E-state index in [1.165, 1.54) is 0 Å². The van der Waals surface area contributed by atoms with Crippen LogP contribution in [-0.2, 0) is 9.53 Å². The highest BCUT2D eigenvalue weighted by Crippen LogP contribution is 2.29. The number of ether oxygens (including phenoxy) is 1. The van der Waals surface area contributed by atoms with Crippen molar-refractivity contribution < 1.29 is 14.3 Å². The molecule has 1 heterocycles. The molecule has 5 heteroatoms. The number of likely N-dealkylation sites (tertiary alicyclic amines) is 1. The van der Waals surface area contributed by atoms with Gasteiger partial charge in [-0.15, -0.1) is 0 Å². The van der Waals surface area contributed by atoms with E-state index in [1.54, 1.807) is 4.90 Å². The number of rotatable bonds is 0. The zero-order chi connectivity index (χ0) is 13.4. The van der Waals surface area contributed by atoms with Crippen LogP contribution < -0.4 is 0 Å². The second-order valence-electron chi connectivity index (χ2n) is 6.08. The number of amides is 1. The summed E-state index contributed by atoms with van der Waals surface area (Å²) in [7, 11) is 0. The number of hydrogen-bond acceptors (Lipinski definition) is 3. The number of nitrogens with zero attached hydrogens (tertiary/aromatic N) is 1. The Kier molecular flexibility index (Phi) is 3.91. The van der Waals surface area contributed by atoms with Gasteiger partial charge in [0.05, 0.1) is 4.83 Å². The zero-order valence-corrected chi connectivity index (χ0v) is 12.6. The van der Waals surface area contributed by atoms with Gasteiger partial charge in [-0.25, -0.2) is 4.79 Å². The molecule has 1 atom stereocenters. The lowest BCUT2D eigenvalue weighted by molar-refractivity contribution is -0.130. The SMILES string of the molecule is CC(C)(C)OC(=O)N1CC(Br)C(=O)C(C)(C)C1. The van der Waals surface area contributed by atoms with Crippen LogP contribution >= 0.6 is 15.9 Å². The van der Waals surface area contributed by atoms with Crippen LogP contribution in [0.15, 0.2) is 0 Å². The van der Waals surface area contributed by atoms with Crippen molar-refractivity contribution in [2.45, 2.75) is 45.0 Å². The maximum absolute atomic E-state index is 11.9. The third kappa shape index (κ3) is 3.69. The maximum atomic E-state index is 11.9. The molecule has 0 aromatic carbocycles. The number of piperidine rings is 1. The maximum Gasteiger partial charge on any atom is 0.410 e. The monoisotopic (exact) mass is 305 g/mol. The van der Waals surface area contributed by atoms with Gasteiger partial charge in [0.1, 0.15) is 5.60 Å². The summed E-state index contributed by atoms with van der Waals surface area (Å²) in [5.74, 6) is 0.136. The van der Waals surface area contributed by atoms with Crippen LogP contribution in [0.4, 0.5) is 4.79 Å². The van der Waals surface area contributed by atoms with Crippen LogP contribution in [0.2, 0.25) is 0 Å². The van der Waals surface area contributed by atoms with Gasteiger partial charge in [-0.05, 0) is 20.8 Å². The molecular weight excluding hydrogens is 286 g/mol. The third-order valence-electron chi connectivity index (χ3n) is 2.57. The van der Waals surface area contributed by atoms with E-state index in [-0.39, 0.29) is 16.7 Å². The van der Waals surface area contributed by atoms with Gasteiger partial charge in [-0.2, -0.15) is 0 Å². The lowest BCUT2D eigenvalue weighted by Gasteiger charge is -2.39. The van der Waals surface area contributed by atoms with Gasteiger partial charge in [0.15, 0.2) is 5.78 Å². The second-order valence-corrected chi connectivity index (χ2v) is 7.18. The molecule has 1 aliphatic rings. The predicted molar refractivity (Wildman–Crippen MR) is 69.3 cm³/mol. The molecule has 0 aromatic rings. The predicted octanol–water partition coefficient (Wildman–Crippen LogP) is 2.60. The molecule has 98 valence electrons. The third-order valence-corrected chi connectivity index (χ3v) is 3.28. The first kappa shape index (κ1) is 14.5. The number of ketones is 1. The highest BCUT2D eigenvalue weighted by Gasteiger charge is 2.42. The smallest absolute Gasteiger partial charge is 0.410 e.